The summed E-state index contributed by atoms with van der Waals surface area (Å²) in [6.45, 7) is 6.55. The maximum Gasteiger partial charge on any atom is 0.329 e. The first-order valence-electron chi connectivity index (χ1n) is 7.25. The molecule has 1 fully saturated rings. The second kappa shape index (κ2) is 6.54. The molecule has 2 heterocycles. The smallest absolute Gasteiger partial charge is 0.329 e. The van der Waals surface area contributed by atoms with Gasteiger partial charge in [0.15, 0.2) is 6.23 Å². The summed E-state index contributed by atoms with van der Waals surface area (Å²) in [5.41, 5.74) is -0.170. The van der Waals surface area contributed by atoms with E-state index in [1.165, 1.54) is 16.2 Å². The summed E-state index contributed by atoms with van der Waals surface area (Å²) < 4.78 is 5.35. The van der Waals surface area contributed by atoms with Crippen molar-refractivity contribution >= 4 is 28.5 Å². The number of ether oxygens (including phenoxy) is 1. The number of hydrogen-bond acceptors (Lipinski definition) is 6. The quantitative estimate of drug-likeness (QED) is 0.623. The molecule has 7 nitrogen and oxygen atoms in total. The average Bonchev–Trinajstić information content (AvgIpc) is 2.93. The fraction of sp³-hybridized carbons (Fsp3) is 0.600. The van der Waals surface area contributed by atoms with Crippen molar-refractivity contribution in [3.05, 3.63) is 5.01 Å². The molecule has 8 heteroatoms. The summed E-state index contributed by atoms with van der Waals surface area (Å²) in [5.74, 6) is 1.71. The number of terminal acetylenes is 1. The van der Waals surface area contributed by atoms with E-state index in [0.29, 0.717) is 18.1 Å². The van der Waals surface area contributed by atoms with Crippen LogP contribution in [0.15, 0.2) is 0 Å². The molecule has 0 saturated carbocycles. The third kappa shape index (κ3) is 3.79. The van der Waals surface area contributed by atoms with Crippen LogP contribution in [0.3, 0.4) is 0 Å². The van der Waals surface area contributed by atoms with Crippen LogP contribution < -0.4 is 4.90 Å². The zero-order valence-electron chi connectivity index (χ0n) is 13.7. The monoisotopic (exact) mass is 336 g/mol. The van der Waals surface area contributed by atoms with Gasteiger partial charge in [0.2, 0.25) is 5.13 Å². The van der Waals surface area contributed by atoms with Gasteiger partial charge in [0.1, 0.15) is 11.4 Å². The van der Waals surface area contributed by atoms with Crippen LogP contribution >= 0.6 is 11.3 Å². The van der Waals surface area contributed by atoms with Gasteiger partial charge < -0.3 is 9.64 Å². The first-order chi connectivity index (χ1) is 10.7. The molecule has 0 aliphatic carbocycles. The lowest BCUT2D eigenvalue weighted by Gasteiger charge is -2.37. The number of anilines is 1. The topological polar surface area (TPSA) is 75.6 Å². The largest absolute Gasteiger partial charge is 0.440 e. The van der Waals surface area contributed by atoms with E-state index in [0.717, 1.165) is 5.01 Å². The van der Waals surface area contributed by atoms with Crippen molar-refractivity contribution in [2.45, 2.75) is 45.3 Å². The number of urea groups is 1. The Morgan fingerprint density at radius 3 is 2.74 bits per heavy atom. The highest BCUT2D eigenvalue weighted by Gasteiger charge is 2.37. The molecule has 2 amide bonds. The Morgan fingerprint density at radius 1 is 1.48 bits per heavy atom. The molecule has 124 valence electrons. The number of nitrogens with zero attached hydrogens (tertiary/aromatic N) is 4. The predicted octanol–water partition coefficient (Wildman–Crippen LogP) is 1.99. The Bertz CT molecular complexity index is 644. The van der Waals surface area contributed by atoms with Crippen molar-refractivity contribution in [2.24, 2.45) is 0 Å². The van der Waals surface area contributed by atoms with Crippen molar-refractivity contribution in [1.82, 2.24) is 15.1 Å². The van der Waals surface area contributed by atoms with Crippen LogP contribution in [0.2, 0.25) is 0 Å². The average molecular weight is 336 g/mol. The fourth-order valence-corrected chi connectivity index (χ4v) is 2.98. The second-order valence-electron chi connectivity index (χ2n) is 6.33. The SMILES string of the molecule is C#CCC(=O)OC1CCN(C)C(=O)N1c1nnc(C(C)(C)C)s1. The molecular weight excluding hydrogens is 316 g/mol. The van der Waals surface area contributed by atoms with Gasteiger partial charge in [-0.3, -0.25) is 4.79 Å². The van der Waals surface area contributed by atoms with E-state index < -0.39 is 12.2 Å². The Hall–Kier alpha value is -2.14. The zero-order valence-corrected chi connectivity index (χ0v) is 14.5. The van der Waals surface area contributed by atoms with Crippen LogP contribution in [0.25, 0.3) is 0 Å². The number of esters is 1. The maximum atomic E-state index is 12.5. The lowest BCUT2D eigenvalue weighted by molar-refractivity contribution is -0.148. The fourth-order valence-electron chi connectivity index (χ4n) is 2.05. The Balaban J connectivity index is 2.28. The minimum atomic E-state index is -0.708. The van der Waals surface area contributed by atoms with E-state index in [2.05, 4.69) is 16.1 Å². The number of rotatable bonds is 3. The van der Waals surface area contributed by atoms with Gasteiger partial charge in [0.25, 0.3) is 0 Å². The van der Waals surface area contributed by atoms with Crippen LogP contribution in [0.1, 0.15) is 38.6 Å². The number of amides is 2. The lowest BCUT2D eigenvalue weighted by atomic mass is 9.98. The summed E-state index contributed by atoms with van der Waals surface area (Å²) in [6.07, 6.45) is 4.77. The first kappa shape index (κ1) is 17.2. The zero-order chi connectivity index (χ0) is 17.2. The Kier molecular flexibility index (Phi) is 4.90. The molecule has 1 aliphatic heterocycles. The van der Waals surface area contributed by atoms with E-state index in [1.807, 2.05) is 20.8 Å². The summed E-state index contributed by atoms with van der Waals surface area (Å²) in [6, 6.07) is -0.272. The number of carbonyl (C=O) groups excluding carboxylic acids is 2. The molecule has 0 bridgehead atoms. The summed E-state index contributed by atoms with van der Waals surface area (Å²) >= 11 is 1.32. The first-order valence-corrected chi connectivity index (χ1v) is 8.07. The number of carbonyl (C=O) groups is 2. The molecule has 1 saturated heterocycles. The molecule has 1 aromatic heterocycles. The summed E-state index contributed by atoms with van der Waals surface area (Å²) in [4.78, 5) is 27.1. The van der Waals surface area contributed by atoms with Crippen molar-refractivity contribution in [3.63, 3.8) is 0 Å². The summed E-state index contributed by atoms with van der Waals surface area (Å²) in [5, 5.41) is 9.49. The van der Waals surface area contributed by atoms with E-state index in [1.54, 1.807) is 11.9 Å². The Morgan fingerprint density at radius 2 is 2.17 bits per heavy atom. The van der Waals surface area contributed by atoms with Crippen LogP contribution in [-0.4, -0.2) is 46.9 Å². The van der Waals surface area contributed by atoms with E-state index in [4.69, 9.17) is 11.2 Å². The molecule has 1 aromatic rings. The molecule has 0 N–H and O–H groups in total. The van der Waals surface area contributed by atoms with Gasteiger partial charge in [-0.2, -0.15) is 0 Å². The van der Waals surface area contributed by atoms with Gasteiger partial charge in [-0.15, -0.1) is 16.6 Å². The van der Waals surface area contributed by atoms with Crippen LogP contribution in [0, 0.1) is 12.3 Å². The number of aromatic nitrogens is 2. The van der Waals surface area contributed by atoms with Gasteiger partial charge >= 0.3 is 12.0 Å². The second-order valence-corrected chi connectivity index (χ2v) is 7.28. The standard InChI is InChI=1S/C15H20N4O3S/c1-6-7-11(20)22-10-8-9-18(5)14(21)19(10)13-17-16-12(23-13)15(2,3)4/h1,10H,7-9H2,2-5H3. The highest BCUT2D eigenvalue weighted by Crippen LogP contribution is 2.33. The van der Waals surface area contributed by atoms with Gasteiger partial charge in [-0.25, -0.2) is 9.69 Å². The number of hydrogen-bond donors (Lipinski definition) is 0. The van der Waals surface area contributed by atoms with Gasteiger partial charge in [-0.1, -0.05) is 38.0 Å². The van der Waals surface area contributed by atoms with Crippen molar-refractivity contribution in [3.8, 4) is 12.3 Å². The lowest BCUT2D eigenvalue weighted by Crippen LogP contribution is -2.54. The van der Waals surface area contributed by atoms with Crippen LogP contribution in [0.4, 0.5) is 9.93 Å². The molecule has 0 aromatic carbocycles. The predicted molar refractivity (Wildman–Crippen MR) is 87.1 cm³/mol. The highest BCUT2D eigenvalue weighted by atomic mass is 32.1. The molecule has 2 rings (SSSR count). The van der Waals surface area contributed by atoms with E-state index in [-0.39, 0.29) is 17.9 Å². The molecular formula is C15H20N4O3S. The molecule has 0 spiro atoms. The highest BCUT2D eigenvalue weighted by molar-refractivity contribution is 7.15. The van der Waals surface area contributed by atoms with Crippen molar-refractivity contribution in [1.29, 1.82) is 0 Å². The normalized spacial score (nSPS) is 18.7. The molecule has 23 heavy (non-hydrogen) atoms. The Labute approximate surface area is 139 Å². The van der Waals surface area contributed by atoms with E-state index >= 15 is 0 Å². The van der Waals surface area contributed by atoms with Crippen LogP contribution in [-0.2, 0) is 14.9 Å². The molecule has 0 radical (unpaired) electrons. The minimum Gasteiger partial charge on any atom is -0.440 e. The van der Waals surface area contributed by atoms with Gasteiger partial charge in [0.05, 0.1) is 0 Å². The third-order valence-corrected chi connectivity index (χ3v) is 4.66. The van der Waals surface area contributed by atoms with Gasteiger partial charge in [-0.05, 0) is 0 Å². The summed E-state index contributed by atoms with van der Waals surface area (Å²) in [7, 11) is 1.69. The van der Waals surface area contributed by atoms with Crippen molar-refractivity contribution < 1.29 is 14.3 Å². The molecule has 1 aliphatic rings. The molecule has 1 atom stereocenters. The third-order valence-electron chi connectivity index (χ3n) is 3.31. The maximum absolute atomic E-state index is 12.5. The van der Waals surface area contributed by atoms with E-state index in [9.17, 15) is 9.59 Å². The van der Waals surface area contributed by atoms with Gasteiger partial charge in [0, 0.05) is 25.4 Å². The van der Waals surface area contributed by atoms with Crippen molar-refractivity contribution in [2.75, 3.05) is 18.5 Å². The minimum absolute atomic E-state index is 0.127. The van der Waals surface area contributed by atoms with Crippen LogP contribution in [0.5, 0.6) is 0 Å². The molecule has 1 unspecified atom stereocenters.